The molecule has 1 aliphatic carbocycles. The van der Waals surface area contributed by atoms with Gasteiger partial charge in [0, 0.05) is 31.8 Å². The highest BCUT2D eigenvalue weighted by Crippen LogP contribution is 2.41. The number of fused-ring (bicyclic) bond motifs is 3. The summed E-state index contributed by atoms with van der Waals surface area (Å²) in [5, 5.41) is 1.77. The summed E-state index contributed by atoms with van der Waals surface area (Å²) in [4.78, 5) is 19.9. The van der Waals surface area contributed by atoms with Crippen LogP contribution in [0.3, 0.4) is 0 Å². The number of allylic oxidation sites excluding steroid dienone is 1. The molecule has 2 heterocycles. The predicted octanol–water partition coefficient (Wildman–Crippen LogP) is 7.86. The van der Waals surface area contributed by atoms with Crippen molar-refractivity contribution in [3.8, 4) is 5.75 Å². The predicted molar refractivity (Wildman–Crippen MR) is 171 cm³/mol. The van der Waals surface area contributed by atoms with Crippen molar-refractivity contribution >= 4 is 57.9 Å². The highest BCUT2D eigenvalue weighted by molar-refractivity contribution is 7.07. The van der Waals surface area contributed by atoms with Crippen molar-refractivity contribution in [2.75, 3.05) is 0 Å². The molecule has 0 saturated heterocycles. The lowest BCUT2D eigenvalue weighted by molar-refractivity contribution is 0.305. The number of ether oxygens (including phenoxy) is 1. The molecular formula is C34H23Cl3N2O2S. The molecule has 4 aromatic carbocycles. The van der Waals surface area contributed by atoms with E-state index in [1.165, 1.54) is 16.9 Å². The van der Waals surface area contributed by atoms with Gasteiger partial charge in [0.05, 0.1) is 16.3 Å². The molecule has 1 aliphatic heterocycles. The minimum absolute atomic E-state index is 0.0837. The molecule has 0 fully saturated rings. The smallest absolute Gasteiger partial charge is 0.271 e. The van der Waals surface area contributed by atoms with Gasteiger partial charge in [0.1, 0.15) is 12.4 Å². The van der Waals surface area contributed by atoms with Gasteiger partial charge in [0.2, 0.25) is 0 Å². The largest absolute Gasteiger partial charge is 0.488 e. The van der Waals surface area contributed by atoms with Crippen LogP contribution in [0, 0.1) is 0 Å². The molecule has 1 aromatic heterocycles. The number of aryl methyl sites for hydroxylation is 1. The number of benzene rings is 4. The van der Waals surface area contributed by atoms with Crippen LogP contribution in [0.25, 0.3) is 11.8 Å². The molecule has 0 spiro atoms. The standard InChI is InChI=1S/C34H23Cl3N2O2S/c35-24-13-9-21(10-14-24)32-27-16-12-20-5-1-3-7-26(20)31(27)38-34-39(32)33(40)30(42-34)17-22-6-2-4-8-29(22)41-19-23-11-15-25(36)18-28(23)37/h1-11,13-15,17-18,32H,12,16,19H2/b30-17-/t32-/m0/s1. The van der Waals surface area contributed by atoms with Crippen molar-refractivity contribution in [1.82, 2.24) is 4.57 Å². The first-order valence-corrected chi connectivity index (χ1v) is 15.5. The molecule has 42 heavy (non-hydrogen) atoms. The quantitative estimate of drug-likeness (QED) is 0.199. The monoisotopic (exact) mass is 628 g/mol. The van der Waals surface area contributed by atoms with E-state index < -0.39 is 0 Å². The van der Waals surface area contributed by atoms with Crippen LogP contribution in [0.4, 0.5) is 0 Å². The number of para-hydroxylation sites is 1. The number of hydrogen-bond donors (Lipinski definition) is 0. The Hall–Kier alpha value is -3.61. The Kier molecular flexibility index (Phi) is 7.28. The molecule has 8 heteroatoms. The lowest BCUT2D eigenvalue weighted by atomic mass is 9.83. The number of nitrogens with zero attached hydrogens (tertiary/aromatic N) is 2. The molecule has 0 amide bonds. The fraction of sp³-hybridized carbons (Fsp3) is 0.118. The average Bonchev–Trinajstić information content (AvgIpc) is 3.31. The third kappa shape index (κ3) is 5.01. The van der Waals surface area contributed by atoms with E-state index in [9.17, 15) is 4.79 Å². The van der Waals surface area contributed by atoms with E-state index in [1.807, 2.05) is 71.3 Å². The van der Waals surface area contributed by atoms with Crippen LogP contribution in [-0.2, 0) is 13.0 Å². The van der Waals surface area contributed by atoms with Gasteiger partial charge in [-0.1, -0.05) is 107 Å². The maximum absolute atomic E-state index is 14.1. The van der Waals surface area contributed by atoms with E-state index >= 15 is 0 Å². The molecule has 0 bridgehead atoms. The van der Waals surface area contributed by atoms with E-state index in [4.69, 9.17) is 44.5 Å². The molecule has 5 aromatic rings. The van der Waals surface area contributed by atoms with Crippen molar-refractivity contribution in [2.45, 2.75) is 25.5 Å². The zero-order valence-corrected chi connectivity index (χ0v) is 25.3. The summed E-state index contributed by atoms with van der Waals surface area (Å²) in [5.74, 6) is 0.650. The van der Waals surface area contributed by atoms with Gasteiger partial charge in [0.25, 0.3) is 5.56 Å². The van der Waals surface area contributed by atoms with Gasteiger partial charge in [-0.2, -0.15) is 0 Å². The average molecular weight is 630 g/mol. The van der Waals surface area contributed by atoms with Gasteiger partial charge in [-0.15, -0.1) is 0 Å². The van der Waals surface area contributed by atoms with Gasteiger partial charge in [-0.3, -0.25) is 9.36 Å². The Morgan fingerprint density at radius 2 is 1.67 bits per heavy atom. The van der Waals surface area contributed by atoms with E-state index in [-0.39, 0.29) is 18.2 Å². The first kappa shape index (κ1) is 27.2. The SMILES string of the molecule is O=c1/c(=C/c2ccccc2OCc2ccc(Cl)cc2Cl)sc2n1[C@@H](c1ccc(Cl)cc1)C1=C(N=2)c2ccccc2CC1. The van der Waals surface area contributed by atoms with Crippen LogP contribution in [0.5, 0.6) is 5.75 Å². The number of thiazole rings is 1. The minimum atomic E-state index is -0.262. The van der Waals surface area contributed by atoms with Gasteiger partial charge in [-0.05, 0) is 65.9 Å². The highest BCUT2D eigenvalue weighted by Gasteiger charge is 2.32. The molecular weight excluding hydrogens is 607 g/mol. The summed E-state index contributed by atoms with van der Waals surface area (Å²) >= 11 is 20.1. The van der Waals surface area contributed by atoms with Crippen molar-refractivity contribution in [1.29, 1.82) is 0 Å². The van der Waals surface area contributed by atoms with Crippen LogP contribution in [0.1, 0.15) is 40.3 Å². The minimum Gasteiger partial charge on any atom is -0.488 e. The van der Waals surface area contributed by atoms with Crippen molar-refractivity contribution < 1.29 is 4.74 Å². The summed E-state index contributed by atoms with van der Waals surface area (Å²) in [6.45, 7) is 0.269. The van der Waals surface area contributed by atoms with E-state index in [1.54, 1.807) is 12.1 Å². The molecule has 0 saturated carbocycles. The van der Waals surface area contributed by atoms with Crippen molar-refractivity contribution in [2.24, 2.45) is 4.99 Å². The fourth-order valence-corrected chi connectivity index (χ4v) is 7.22. The van der Waals surface area contributed by atoms with Crippen LogP contribution >= 0.6 is 46.1 Å². The van der Waals surface area contributed by atoms with Crippen LogP contribution in [-0.4, -0.2) is 4.57 Å². The molecule has 208 valence electrons. The third-order valence-electron chi connectivity index (χ3n) is 7.66. The van der Waals surface area contributed by atoms with Crippen LogP contribution in [0.2, 0.25) is 15.1 Å². The normalized spacial score (nSPS) is 16.0. The second-order valence-corrected chi connectivity index (χ2v) is 12.5. The highest BCUT2D eigenvalue weighted by atomic mass is 35.5. The van der Waals surface area contributed by atoms with Crippen LogP contribution < -0.4 is 19.6 Å². The molecule has 7 rings (SSSR count). The first-order chi connectivity index (χ1) is 20.5. The first-order valence-electron chi connectivity index (χ1n) is 13.5. The van der Waals surface area contributed by atoms with Gasteiger partial charge in [-0.25, -0.2) is 4.99 Å². The molecule has 4 nitrogen and oxygen atoms in total. The summed E-state index contributed by atoms with van der Waals surface area (Å²) in [5.41, 5.74) is 7.08. The van der Waals surface area contributed by atoms with Gasteiger partial charge >= 0.3 is 0 Å². The summed E-state index contributed by atoms with van der Waals surface area (Å²) in [7, 11) is 0. The number of halogens is 3. The maximum Gasteiger partial charge on any atom is 0.271 e. The summed E-state index contributed by atoms with van der Waals surface area (Å²) in [6.07, 6.45) is 3.62. The Bertz CT molecular complexity index is 2060. The van der Waals surface area contributed by atoms with Crippen LogP contribution in [0.15, 0.2) is 106 Å². The second-order valence-electron chi connectivity index (χ2n) is 10.2. The van der Waals surface area contributed by atoms with E-state index in [0.717, 1.165) is 46.4 Å². The van der Waals surface area contributed by atoms with Gasteiger partial charge in [0.15, 0.2) is 4.80 Å². The third-order valence-corrected chi connectivity index (χ3v) is 9.48. The lowest BCUT2D eigenvalue weighted by Crippen LogP contribution is -2.38. The molecule has 0 radical (unpaired) electrons. The van der Waals surface area contributed by atoms with Gasteiger partial charge < -0.3 is 4.74 Å². The van der Waals surface area contributed by atoms with E-state index in [2.05, 4.69) is 18.2 Å². The fourth-order valence-electron chi connectivity index (χ4n) is 5.63. The summed E-state index contributed by atoms with van der Waals surface area (Å²) in [6, 6.07) is 28.9. The number of hydrogen-bond acceptors (Lipinski definition) is 4. The number of aromatic nitrogens is 1. The Morgan fingerprint density at radius 1 is 0.905 bits per heavy atom. The van der Waals surface area contributed by atoms with Crippen molar-refractivity contribution in [3.05, 3.63) is 159 Å². The molecule has 2 aliphatic rings. The Morgan fingerprint density at radius 3 is 2.50 bits per heavy atom. The Labute approximate surface area is 261 Å². The molecule has 0 unspecified atom stereocenters. The maximum atomic E-state index is 14.1. The second kappa shape index (κ2) is 11.2. The lowest BCUT2D eigenvalue weighted by Gasteiger charge is -2.30. The zero-order valence-electron chi connectivity index (χ0n) is 22.2. The molecule has 0 N–H and O–H groups in total. The van der Waals surface area contributed by atoms with E-state index in [0.29, 0.717) is 30.2 Å². The molecule has 1 atom stereocenters. The zero-order chi connectivity index (χ0) is 28.8. The van der Waals surface area contributed by atoms with Crippen molar-refractivity contribution in [3.63, 3.8) is 0 Å². The topological polar surface area (TPSA) is 43.6 Å². The Balaban J connectivity index is 1.34. The summed E-state index contributed by atoms with van der Waals surface area (Å²) < 4.78 is 8.59. The number of rotatable bonds is 5.